The second-order valence-electron chi connectivity index (χ2n) is 6.26. The fourth-order valence-electron chi connectivity index (χ4n) is 2.35. The molecule has 0 aliphatic carbocycles. The molecule has 0 aliphatic rings. The van der Waals surface area contributed by atoms with Gasteiger partial charge < -0.3 is 0 Å². The second kappa shape index (κ2) is 7.51. The van der Waals surface area contributed by atoms with Gasteiger partial charge in [-0.05, 0) is 45.4 Å². The van der Waals surface area contributed by atoms with Crippen LogP contribution in [0.1, 0.15) is 31.9 Å². The molecule has 0 N–H and O–H groups in total. The van der Waals surface area contributed by atoms with Crippen molar-refractivity contribution in [1.82, 2.24) is 0 Å². The molecule has 0 aliphatic heterocycles. The van der Waals surface area contributed by atoms with Crippen molar-refractivity contribution in [2.24, 2.45) is 0 Å². The van der Waals surface area contributed by atoms with Crippen LogP contribution in [0.3, 0.4) is 0 Å². The van der Waals surface area contributed by atoms with Crippen molar-refractivity contribution in [1.29, 1.82) is 0 Å². The fourth-order valence-corrected chi connectivity index (χ4v) is 5.19. The van der Waals surface area contributed by atoms with Gasteiger partial charge in [0.15, 0.2) is 0 Å². The average Bonchev–Trinajstić information content (AvgIpc) is 2.37. The van der Waals surface area contributed by atoms with Crippen LogP contribution in [-0.4, -0.2) is 5.16 Å². The third-order valence-electron chi connectivity index (χ3n) is 3.53. The van der Waals surface area contributed by atoms with Gasteiger partial charge in [-0.3, -0.25) is 0 Å². The van der Waals surface area contributed by atoms with Crippen molar-refractivity contribution in [2.75, 3.05) is 0 Å². The summed E-state index contributed by atoms with van der Waals surface area (Å²) in [5.41, 5.74) is 2.81. The van der Waals surface area contributed by atoms with E-state index in [1.165, 1.54) is 17.3 Å². The zero-order valence-electron chi connectivity index (χ0n) is 12.7. The predicted molar refractivity (Wildman–Crippen MR) is 89.0 cm³/mol. The summed E-state index contributed by atoms with van der Waals surface area (Å²) in [6.07, 6.45) is 1.21. The first-order valence-electron chi connectivity index (χ1n) is 6.94. The Morgan fingerprint density at radius 1 is 0.850 bits per heavy atom. The van der Waals surface area contributed by atoms with Crippen molar-refractivity contribution in [3.8, 4) is 0 Å². The number of rotatable bonds is 3. The van der Waals surface area contributed by atoms with Gasteiger partial charge in [-0.2, -0.15) is 0 Å². The van der Waals surface area contributed by atoms with E-state index in [0.29, 0.717) is 5.16 Å². The largest absolute Gasteiger partial charge is 0.0923 e. The van der Waals surface area contributed by atoms with E-state index in [1.54, 1.807) is 5.30 Å². The van der Waals surface area contributed by atoms with Crippen molar-refractivity contribution < 1.29 is 20.4 Å². The Labute approximate surface area is 138 Å². The van der Waals surface area contributed by atoms with Crippen LogP contribution in [0, 0.1) is 6.92 Å². The molecule has 2 aromatic carbocycles. The Hall–Kier alpha value is -0.468. The van der Waals surface area contributed by atoms with Crippen LogP contribution in [0.2, 0.25) is 0 Å². The van der Waals surface area contributed by atoms with Crippen LogP contribution in [0.25, 0.3) is 0 Å². The van der Waals surface area contributed by atoms with Gasteiger partial charge in [-0.1, -0.05) is 48.0 Å². The molecule has 110 valence electrons. The van der Waals surface area contributed by atoms with Crippen molar-refractivity contribution in [3.05, 3.63) is 65.7 Å². The summed E-state index contributed by atoms with van der Waals surface area (Å²) in [6.45, 7) is 9.28. The minimum Gasteiger partial charge on any atom is -0.0620 e. The van der Waals surface area contributed by atoms with Crippen LogP contribution < -0.4 is 5.30 Å². The monoisotopic (exact) mass is 377 g/mol. The Morgan fingerprint density at radius 2 is 1.40 bits per heavy atom. The number of benzene rings is 2. The summed E-state index contributed by atoms with van der Waals surface area (Å²) in [5, 5.41) is 1.91. The quantitative estimate of drug-likeness (QED) is 0.531. The maximum atomic E-state index is 2.38. The molecule has 0 heterocycles. The second-order valence-corrected chi connectivity index (χ2v) is 9.64. The van der Waals surface area contributed by atoms with Gasteiger partial charge in [0.05, 0.1) is 16.6 Å². The summed E-state index contributed by atoms with van der Waals surface area (Å²) in [6, 6.07) is 20.1. The van der Waals surface area contributed by atoms with Gasteiger partial charge in [-0.15, -0.1) is 0 Å². The van der Waals surface area contributed by atoms with Crippen LogP contribution in [-0.2, 0) is 26.6 Å². The third-order valence-corrected chi connectivity index (χ3v) is 7.13. The molecule has 2 aromatic rings. The molecule has 0 bridgehead atoms. The van der Waals surface area contributed by atoms with Gasteiger partial charge in [0, 0.05) is 28.3 Å². The first kappa shape index (κ1) is 17.6. The molecule has 2 rings (SSSR count). The summed E-state index contributed by atoms with van der Waals surface area (Å²) in [7, 11) is -0.603. The minimum atomic E-state index is -0.603. The number of aryl methyl sites for hydroxylation is 1. The molecule has 1 atom stereocenters. The summed E-state index contributed by atoms with van der Waals surface area (Å²) < 4.78 is 0. The van der Waals surface area contributed by atoms with E-state index in [0.717, 1.165) is 0 Å². The summed E-state index contributed by atoms with van der Waals surface area (Å²) in [4.78, 5) is 0. The van der Waals surface area contributed by atoms with Gasteiger partial charge in [0.2, 0.25) is 0 Å². The topological polar surface area (TPSA) is 0 Å². The Kier molecular flexibility index (Phi) is 6.61. The van der Waals surface area contributed by atoms with Gasteiger partial charge in [0.1, 0.15) is 0 Å². The maximum absolute atomic E-state index is 2.38. The summed E-state index contributed by atoms with van der Waals surface area (Å²) >= 11 is 0. The molecule has 0 aromatic heterocycles. The van der Waals surface area contributed by atoms with Gasteiger partial charge in [0.25, 0.3) is 0 Å². The molecular weight excluding hydrogens is 354 g/mol. The van der Waals surface area contributed by atoms with E-state index in [2.05, 4.69) is 82.3 Å². The average molecular weight is 378 g/mol. The molecule has 0 saturated carbocycles. The van der Waals surface area contributed by atoms with Crippen LogP contribution in [0.4, 0.5) is 0 Å². The predicted octanol–water partition coefficient (Wildman–Crippen LogP) is 4.83. The molecule has 0 saturated heterocycles. The number of hydrogen-bond donors (Lipinski definition) is 0. The Morgan fingerprint density at radius 3 is 1.90 bits per heavy atom. The molecule has 0 spiro atoms. The first-order valence-corrected chi connectivity index (χ1v) is 8.65. The van der Waals surface area contributed by atoms with E-state index in [4.69, 9.17) is 0 Å². The number of hydrogen-bond acceptors (Lipinski definition) is 0. The van der Waals surface area contributed by atoms with E-state index >= 15 is 0 Å². The molecule has 0 amide bonds. The standard InChI is InChI=1S/C18H23P.Pd/c1-15-10-12-16(13-11-15)14-19(18(2,3)4)17-8-6-5-7-9-17;/h5-13H,14H2,1-4H3;/p+1. The SMILES string of the molecule is Cc1ccc(C[PH+](c2ccccc2)C(C)(C)C)cc1.[Pd]. The Balaban J connectivity index is 0.00000200. The third kappa shape index (κ3) is 4.82. The zero-order chi connectivity index (χ0) is 13.9. The van der Waals surface area contributed by atoms with Crippen molar-refractivity contribution >= 4 is 13.2 Å². The minimum absolute atomic E-state index is 0. The normalized spacial score (nSPS) is 12.6. The van der Waals surface area contributed by atoms with E-state index in [-0.39, 0.29) is 20.4 Å². The van der Waals surface area contributed by atoms with Crippen molar-refractivity contribution in [2.45, 2.75) is 39.0 Å². The molecule has 2 heteroatoms. The van der Waals surface area contributed by atoms with E-state index in [9.17, 15) is 0 Å². The maximum Gasteiger partial charge on any atom is 0.0923 e. The van der Waals surface area contributed by atoms with Crippen molar-refractivity contribution in [3.63, 3.8) is 0 Å². The molecule has 0 nitrogen and oxygen atoms in total. The molecule has 0 fully saturated rings. The smallest absolute Gasteiger partial charge is 0.0620 e. The van der Waals surface area contributed by atoms with Gasteiger partial charge in [-0.25, -0.2) is 0 Å². The molecule has 0 radical (unpaired) electrons. The molecule has 1 unspecified atom stereocenters. The van der Waals surface area contributed by atoms with E-state index < -0.39 is 7.92 Å². The Bertz CT molecular complexity index is 511. The summed E-state index contributed by atoms with van der Waals surface area (Å²) in [5.74, 6) is 0. The van der Waals surface area contributed by atoms with Crippen LogP contribution in [0.15, 0.2) is 54.6 Å². The molecule has 20 heavy (non-hydrogen) atoms. The van der Waals surface area contributed by atoms with Crippen LogP contribution >= 0.6 is 7.92 Å². The fraction of sp³-hybridized carbons (Fsp3) is 0.333. The van der Waals surface area contributed by atoms with Crippen LogP contribution in [0.5, 0.6) is 0 Å². The first-order chi connectivity index (χ1) is 8.97. The zero-order valence-corrected chi connectivity index (χ0v) is 15.3. The van der Waals surface area contributed by atoms with E-state index in [1.807, 2.05) is 0 Å². The molecular formula is C18H24PPd+. The van der Waals surface area contributed by atoms with Gasteiger partial charge >= 0.3 is 0 Å².